The summed E-state index contributed by atoms with van der Waals surface area (Å²) in [4.78, 5) is 25.4. The van der Waals surface area contributed by atoms with Gasteiger partial charge in [0.05, 0.1) is 12.8 Å². The molecule has 1 N–H and O–H groups in total. The summed E-state index contributed by atoms with van der Waals surface area (Å²) in [6, 6.07) is 16.7. The SMILES string of the molecule is COc1ccccc1-c1nn(-c2ccccc2)cc1C(=O)O[C@H](C)C(=O)NC(C)(C)C. The van der Waals surface area contributed by atoms with Crippen LogP contribution in [0.5, 0.6) is 5.75 Å². The van der Waals surface area contributed by atoms with Gasteiger partial charge in [0.1, 0.15) is 17.0 Å². The molecule has 7 heteroatoms. The summed E-state index contributed by atoms with van der Waals surface area (Å²) < 4.78 is 12.6. The van der Waals surface area contributed by atoms with Gasteiger partial charge in [-0.15, -0.1) is 0 Å². The number of carbonyl (C=O) groups excluding carboxylic acids is 2. The number of carbonyl (C=O) groups is 2. The van der Waals surface area contributed by atoms with Crippen LogP contribution in [0.3, 0.4) is 0 Å². The van der Waals surface area contributed by atoms with Crippen LogP contribution in [0.1, 0.15) is 38.1 Å². The van der Waals surface area contributed by atoms with Gasteiger partial charge in [-0.05, 0) is 52.0 Å². The average molecular weight is 421 g/mol. The van der Waals surface area contributed by atoms with E-state index in [2.05, 4.69) is 10.4 Å². The molecule has 0 bridgehead atoms. The number of hydrogen-bond acceptors (Lipinski definition) is 5. The molecule has 0 radical (unpaired) electrons. The van der Waals surface area contributed by atoms with E-state index >= 15 is 0 Å². The summed E-state index contributed by atoms with van der Waals surface area (Å²) in [7, 11) is 1.56. The molecule has 1 atom stereocenters. The molecular formula is C24H27N3O4. The number of hydrogen-bond donors (Lipinski definition) is 1. The van der Waals surface area contributed by atoms with Gasteiger partial charge in [0.2, 0.25) is 0 Å². The van der Waals surface area contributed by atoms with E-state index in [1.807, 2.05) is 69.3 Å². The largest absolute Gasteiger partial charge is 0.496 e. The standard InChI is InChI=1S/C24H27N3O4/c1-16(22(28)25-24(2,3)4)31-23(29)19-15-27(17-11-7-6-8-12-17)26-21(19)18-13-9-10-14-20(18)30-5/h6-16H,1-5H3,(H,25,28)/t16-/m1/s1. The summed E-state index contributed by atoms with van der Waals surface area (Å²) in [5, 5.41) is 7.44. The van der Waals surface area contributed by atoms with Crippen LogP contribution in [0.15, 0.2) is 60.8 Å². The van der Waals surface area contributed by atoms with Crippen molar-refractivity contribution in [2.45, 2.75) is 39.3 Å². The van der Waals surface area contributed by atoms with Gasteiger partial charge >= 0.3 is 5.97 Å². The average Bonchev–Trinajstić information content (AvgIpc) is 3.18. The topological polar surface area (TPSA) is 82.5 Å². The molecule has 162 valence electrons. The van der Waals surface area contributed by atoms with Crippen LogP contribution in [-0.2, 0) is 9.53 Å². The Morgan fingerprint density at radius 3 is 2.32 bits per heavy atom. The van der Waals surface area contributed by atoms with Gasteiger partial charge in [0.25, 0.3) is 5.91 Å². The molecule has 0 aliphatic rings. The van der Waals surface area contributed by atoms with Gasteiger partial charge in [-0.3, -0.25) is 4.79 Å². The lowest BCUT2D eigenvalue weighted by Gasteiger charge is -2.23. The van der Waals surface area contributed by atoms with Gasteiger partial charge in [0.15, 0.2) is 6.10 Å². The fraction of sp³-hybridized carbons (Fsp3) is 0.292. The van der Waals surface area contributed by atoms with Crippen molar-refractivity contribution in [3.63, 3.8) is 0 Å². The molecule has 3 aromatic rings. The van der Waals surface area contributed by atoms with Gasteiger partial charge in [-0.25, -0.2) is 9.48 Å². The fourth-order valence-electron chi connectivity index (χ4n) is 3.02. The molecule has 0 saturated heterocycles. The van der Waals surface area contributed by atoms with Crippen LogP contribution in [0.4, 0.5) is 0 Å². The predicted octanol–water partition coefficient (Wildman–Crippen LogP) is 4.01. The number of benzene rings is 2. The summed E-state index contributed by atoms with van der Waals surface area (Å²) >= 11 is 0. The Morgan fingerprint density at radius 1 is 1.03 bits per heavy atom. The van der Waals surface area contributed by atoms with Crippen LogP contribution in [0.2, 0.25) is 0 Å². The summed E-state index contributed by atoms with van der Waals surface area (Å²) in [6.45, 7) is 7.14. The number of ether oxygens (including phenoxy) is 2. The second-order valence-electron chi connectivity index (χ2n) is 8.16. The van der Waals surface area contributed by atoms with Crippen molar-refractivity contribution in [3.05, 3.63) is 66.4 Å². The molecule has 0 saturated carbocycles. The zero-order valence-corrected chi connectivity index (χ0v) is 18.4. The first-order valence-electron chi connectivity index (χ1n) is 10.0. The van der Waals surface area contributed by atoms with E-state index in [0.717, 1.165) is 5.69 Å². The van der Waals surface area contributed by atoms with Gasteiger partial charge in [-0.2, -0.15) is 5.10 Å². The minimum atomic E-state index is -0.961. The number of esters is 1. The second kappa shape index (κ2) is 9.04. The van der Waals surface area contributed by atoms with Gasteiger partial charge in [-0.1, -0.05) is 30.3 Å². The minimum absolute atomic E-state index is 0.240. The Hall–Kier alpha value is -3.61. The van der Waals surface area contributed by atoms with E-state index in [1.165, 1.54) is 0 Å². The zero-order valence-electron chi connectivity index (χ0n) is 18.4. The first kappa shape index (κ1) is 22.1. The number of para-hydroxylation sites is 2. The lowest BCUT2D eigenvalue weighted by atomic mass is 10.1. The van der Waals surface area contributed by atoms with Crippen molar-refractivity contribution in [1.29, 1.82) is 0 Å². The molecule has 0 spiro atoms. The van der Waals surface area contributed by atoms with Crippen molar-refractivity contribution >= 4 is 11.9 Å². The lowest BCUT2D eigenvalue weighted by Crippen LogP contribution is -2.46. The first-order chi connectivity index (χ1) is 14.7. The van der Waals surface area contributed by atoms with Crippen molar-refractivity contribution in [2.75, 3.05) is 7.11 Å². The maximum absolute atomic E-state index is 13.1. The Bertz CT molecular complexity index is 1070. The second-order valence-corrected chi connectivity index (χ2v) is 8.16. The third kappa shape index (κ3) is 5.31. The van der Waals surface area contributed by atoms with Gasteiger partial charge < -0.3 is 14.8 Å². The third-order valence-electron chi connectivity index (χ3n) is 4.47. The van der Waals surface area contributed by atoms with Crippen LogP contribution >= 0.6 is 0 Å². The third-order valence-corrected chi connectivity index (χ3v) is 4.47. The Balaban J connectivity index is 1.99. The van der Waals surface area contributed by atoms with Crippen molar-refractivity contribution in [3.8, 4) is 22.7 Å². The Kier molecular flexibility index (Phi) is 6.44. The lowest BCUT2D eigenvalue weighted by molar-refractivity contribution is -0.130. The van der Waals surface area contributed by atoms with E-state index in [4.69, 9.17) is 9.47 Å². The predicted molar refractivity (Wildman–Crippen MR) is 118 cm³/mol. The molecule has 31 heavy (non-hydrogen) atoms. The summed E-state index contributed by atoms with van der Waals surface area (Å²) in [5.74, 6) is -0.428. The molecule has 0 aliphatic heterocycles. The maximum atomic E-state index is 13.1. The zero-order chi connectivity index (χ0) is 22.6. The van der Waals surface area contributed by atoms with Gasteiger partial charge in [0, 0.05) is 17.3 Å². The number of amides is 1. The Labute approximate surface area is 182 Å². The van der Waals surface area contributed by atoms with Crippen molar-refractivity contribution in [2.24, 2.45) is 0 Å². The van der Waals surface area contributed by atoms with Crippen molar-refractivity contribution in [1.82, 2.24) is 15.1 Å². The Morgan fingerprint density at radius 2 is 1.68 bits per heavy atom. The van der Waals surface area contributed by atoms with E-state index in [9.17, 15) is 9.59 Å². The highest BCUT2D eigenvalue weighted by atomic mass is 16.5. The van der Waals surface area contributed by atoms with E-state index in [1.54, 1.807) is 31.0 Å². The highest BCUT2D eigenvalue weighted by Crippen LogP contribution is 2.32. The molecule has 1 amide bonds. The van der Waals surface area contributed by atoms with Crippen molar-refractivity contribution < 1.29 is 19.1 Å². The smallest absolute Gasteiger partial charge is 0.342 e. The first-order valence-corrected chi connectivity index (χ1v) is 10.0. The molecule has 3 rings (SSSR count). The number of rotatable bonds is 6. The quantitative estimate of drug-likeness (QED) is 0.608. The molecule has 2 aromatic carbocycles. The molecule has 1 aromatic heterocycles. The molecule has 1 heterocycles. The van der Waals surface area contributed by atoms with E-state index in [-0.39, 0.29) is 11.5 Å². The maximum Gasteiger partial charge on any atom is 0.342 e. The number of aromatic nitrogens is 2. The normalized spacial score (nSPS) is 12.2. The summed E-state index contributed by atoms with van der Waals surface area (Å²) in [5.41, 5.74) is 1.66. The molecule has 0 unspecified atom stereocenters. The monoisotopic (exact) mass is 421 g/mol. The van der Waals surface area contributed by atoms with E-state index in [0.29, 0.717) is 17.0 Å². The fourth-order valence-corrected chi connectivity index (χ4v) is 3.02. The highest BCUT2D eigenvalue weighted by molar-refractivity contribution is 5.98. The molecular weight excluding hydrogens is 394 g/mol. The van der Waals surface area contributed by atoms with Crippen LogP contribution in [0.25, 0.3) is 16.9 Å². The van der Waals surface area contributed by atoms with E-state index < -0.39 is 17.6 Å². The molecule has 0 fully saturated rings. The molecule has 0 aliphatic carbocycles. The minimum Gasteiger partial charge on any atom is -0.496 e. The highest BCUT2D eigenvalue weighted by Gasteiger charge is 2.27. The molecule has 7 nitrogen and oxygen atoms in total. The summed E-state index contributed by atoms with van der Waals surface area (Å²) in [6.07, 6.45) is 0.644. The van der Waals surface area contributed by atoms with Crippen LogP contribution in [-0.4, -0.2) is 40.4 Å². The van der Waals surface area contributed by atoms with Crippen LogP contribution in [0, 0.1) is 0 Å². The number of nitrogens with one attached hydrogen (secondary N) is 1. The van der Waals surface area contributed by atoms with Crippen LogP contribution < -0.4 is 10.1 Å². The number of methoxy groups -OCH3 is 1. The number of nitrogens with zero attached hydrogens (tertiary/aromatic N) is 2.